The van der Waals surface area contributed by atoms with Crippen LogP contribution in [0.5, 0.6) is 0 Å². The van der Waals surface area contributed by atoms with Gasteiger partial charge in [0, 0.05) is 16.5 Å². The Kier molecular flexibility index (Phi) is 3.44. The average Bonchev–Trinajstić information content (AvgIpc) is 2.72. The molecule has 0 aliphatic heterocycles. The van der Waals surface area contributed by atoms with E-state index in [0.29, 0.717) is 11.6 Å². The third-order valence-electron chi connectivity index (χ3n) is 2.58. The highest BCUT2D eigenvalue weighted by Gasteiger charge is 2.19. The molecule has 0 saturated carbocycles. The van der Waals surface area contributed by atoms with Gasteiger partial charge in [-0.25, -0.2) is 4.98 Å². The Morgan fingerprint density at radius 2 is 2.47 bits per heavy atom. The summed E-state index contributed by atoms with van der Waals surface area (Å²) in [5.74, 6) is 0. The van der Waals surface area contributed by atoms with E-state index in [0.717, 1.165) is 6.42 Å². The van der Waals surface area contributed by atoms with Crippen LogP contribution in [0.4, 0.5) is 0 Å². The van der Waals surface area contributed by atoms with Crippen molar-refractivity contribution < 1.29 is 0 Å². The lowest BCUT2D eigenvalue weighted by atomic mass is 10.3. The fourth-order valence-electron chi connectivity index (χ4n) is 1.75. The first-order valence-corrected chi connectivity index (χ1v) is 6.41. The summed E-state index contributed by atoms with van der Waals surface area (Å²) in [6.07, 6.45) is 3.64. The first-order valence-electron chi connectivity index (χ1n) is 5.22. The number of nitrogens with zero attached hydrogens (tertiary/aromatic N) is 1. The number of nitrogens with one attached hydrogen (secondary N) is 1. The zero-order valence-electron chi connectivity index (χ0n) is 8.85. The summed E-state index contributed by atoms with van der Waals surface area (Å²) in [4.78, 5) is 6.13. The maximum Gasteiger partial charge on any atom is 0.110 e. The summed E-state index contributed by atoms with van der Waals surface area (Å²) in [6, 6.07) is 0.274. The molecule has 1 aliphatic rings. The van der Waals surface area contributed by atoms with Gasteiger partial charge < -0.3 is 5.32 Å². The molecule has 4 heteroatoms. The second-order valence-electron chi connectivity index (χ2n) is 3.90. The van der Waals surface area contributed by atoms with Crippen LogP contribution in [0, 0.1) is 0 Å². The zero-order valence-corrected chi connectivity index (χ0v) is 10.4. The van der Waals surface area contributed by atoms with Crippen molar-refractivity contribution in [3.63, 3.8) is 0 Å². The van der Waals surface area contributed by atoms with Gasteiger partial charge in [-0.3, -0.25) is 0 Å². The molecule has 15 heavy (non-hydrogen) atoms. The summed E-state index contributed by atoms with van der Waals surface area (Å²) in [7, 11) is 0. The number of aryl methyl sites for hydroxylation is 2. The number of hydrogen-bond acceptors (Lipinski definition) is 3. The Labute approximate surface area is 99.4 Å². The minimum absolute atomic E-state index is 0.274. The van der Waals surface area contributed by atoms with E-state index in [2.05, 4.69) is 23.8 Å². The molecule has 0 saturated heterocycles. The van der Waals surface area contributed by atoms with Crippen molar-refractivity contribution in [2.45, 2.75) is 32.2 Å². The van der Waals surface area contributed by atoms with E-state index in [4.69, 9.17) is 11.6 Å². The van der Waals surface area contributed by atoms with Crippen molar-refractivity contribution in [3.8, 4) is 0 Å². The van der Waals surface area contributed by atoms with E-state index in [1.165, 1.54) is 28.4 Å². The molecular formula is C11H15ClN2S. The van der Waals surface area contributed by atoms with Gasteiger partial charge in [0.2, 0.25) is 0 Å². The molecule has 1 aliphatic carbocycles. The molecule has 0 aromatic carbocycles. The quantitative estimate of drug-likeness (QED) is 0.878. The van der Waals surface area contributed by atoms with E-state index in [1.807, 2.05) is 11.3 Å². The molecule has 0 bridgehead atoms. The van der Waals surface area contributed by atoms with Crippen LogP contribution in [0.2, 0.25) is 0 Å². The van der Waals surface area contributed by atoms with Crippen LogP contribution in [0.25, 0.3) is 0 Å². The highest BCUT2D eigenvalue weighted by molar-refractivity contribution is 7.11. The second kappa shape index (κ2) is 4.64. The van der Waals surface area contributed by atoms with Crippen LogP contribution in [0.15, 0.2) is 11.6 Å². The molecule has 0 amide bonds. The topological polar surface area (TPSA) is 24.9 Å². The molecule has 1 atom stereocenters. The van der Waals surface area contributed by atoms with Gasteiger partial charge in [0.1, 0.15) is 5.01 Å². The predicted molar refractivity (Wildman–Crippen MR) is 65.5 cm³/mol. The van der Waals surface area contributed by atoms with Gasteiger partial charge in [-0.2, -0.15) is 0 Å². The Balaban J connectivity index is 1.99. The number of halogens is 1. The smallest absolute Gasteiger partial charge is 0.110 e. The van der Waals surface area contributed by atoms with Gasteiger partial charge in [0.15, 0.2) is 0 Å². The number of aromatic nitrogens is 1. The monoisotopic (exact) mass is 242 g/mol. The van der Waals surface area contributed by atoms with Gasteiger partial charge in [-0.1, -0.05) is 18.2 Å². The maximum atomic E-state index is 5.71. The standard InChI is InChI=1S/C11H15ClN2S/c1-7(12)6-13-8(2)11-14-9-4-3-5-10(9)15-11/h8,13H,1,3-6H2,2H3. The lowest BCUT2D eigenvalue weighted by Crippen LogP contribution is -2.19. The Morgan fingerprint density at radius 3 is 3.13 bits per heavy atom. The van der Waals surface area contributed by atoms with Crippen LogP contribution in [0.1, 0.15) is 35.0 Å². The first-order chi connectivity index (χ1) is 7.16. The second-order valence-corrected chi connectivity index (χ2v) is 5.55. The molecule has 0 spiro atoms. The summed E-state index contributed by atoms with van der Waals surface area (Å²) in [6.45, 7) is 6.42. The van der Waals surface area contributed by atoms with Gasteiger partial charge in [-0.15, -0.1) is 11.3 Å². The van der Waals surface area contributed by atoms with Crippen molar-refractivity contribution in [2.75, 3.05) is 6.54 Å². The van der Waals surface area contributed by atoms with E-state index in [-0.39, 0.29) is 6.04 Å². The van der Waals surface area contributed by atoms with Crippen molar-refractivity contribution >= 4 is 22.9 Å². The SMILES string of the molecule is C=C(Cl)CNC(C)c1nc2c(s1)CCC2. The molecule has 2 rings (SSSR count). The fourth-order valence-corrected chi connectivity index (χ4v) is 3.00. The van der Waals surface area contributed by atoms with Crippen LogP contribution in [0.3, 0.4) is 0 Å². The number of rotatable bonds is 4. The Bertz CT molecular complexity index is 351. The minimum atomic E-state index is 0.274. The molecular weight excluding hydrogens is 228 g/mol. The zero-order chi connectivity index (χ0) is 10.8. The van der Waals surface area contributed by atoms with E-state index < -0.39 is 0 Å². The third kappa shape index (κ3) is 2.60. The Hall–Kier alpha value is -0.380. The van der Waals surface area contributed by atoms with Crippen LogP contribution < -0.4 is 5.32 Å². The molecule has 0 fully saturated rings. The first kappa shape index (κ1) is 11.1. The van der Waals surface area contributed by atoms with Crippen molar-refractivity contribution in [1.29, 1.82) is 0 Å². The van der Waals surface area contributed by atoms with Crippen molar-refractivity contribution in [1.82, 2.24) is 10.3 Å². The van der Waals surface area contributed by atoms with Gasteiger partial charge >= 0.3 is 0 Å². The molecule has 1 aromatic heterocycles. The van der Waals surface area contributed by atoms with E-state index >= 15 is 0 Å². The summed E-state index contributed by atoms with van der Waals surface area (Å²) >= 11 is 7.55. The molecule has 2 nitrogen and oxygen atoms in total. The largest absolute Gasteiger partial charge is 0.303 e. The number of fused-ring (bicyclic) bond motifs is 1. The van der Waals surface area contributed by atoms with E-state index in [9.17, 15) is 0 Å². The molecule has 82 valence electrons. The average molecular weight is 243 g/mol. The van der Waals surface area contributed by atoms with Gasteiger partial charge in [0.25, 0.3) is 0 Å². The molecule has 1 aromatic rings. The molecule has 0 radical (unpaired) electrons. The van der Waals surface area contributed by atoms with E-state index in [1.54, 1.807) is 0 Å². The number of hydrogen-bond donors (Lipinski definition) is 1. The highest BCUT2D eigenvalue weighted by atomic mass is 35.5. The summed E-state index contributed by atoms with van der Waals surface area (Å²) < 4.78 is 0. The minimum Gasteiger partial charge on any atom is -0.303 e. The molecule has 1 N–H and O–H groups in total. The normalized spacial score (nSPS) is 16.4. The third-order valence-corrected chi connectivity index (χ3v) is 4.06. The predicted octanol–water partition coefficient (Wildman–Crippen LogP) is 3.03. The lowest BCUT2D eigenvalue weighted by Gasteiger charge is -2.09. The lowest BCUT2D eigenvalue weighted by molar-refractivity contribution is 0.609. The molecule has 1 heterocycles. The molecule has 1 unspecified atom stereocenters. The van der Waals surface area contributed by atoms with Gasteiger partial charge in [-0.05, 0) is 26.2 Å². The number of thiazole rings is 1. The van der Waals surface area contributed by atoms with Crippen molar-refractivity contribution in [2.24, 2.45) is 0 Å². The summed E-state index contributed by atoms with van der Waals surface area (Å²) in [5, 5.41) is 5.13. The maximum absolute atomic E-state index is 5.71. The Morgan fingerprint density at radius 1 is 1.67 bits per heavy atom. The summed E-state index contributed by atoms with van der Waals surface area (Å²) in [5.41, 5.74) is 1.31. The van der Waals surface area contributed by atoms with Gasteiger partial charge in [0.05, 0.1) is 11.7 Å². The van der Waals surface area contributed by atoms with Crippen LogP contribution in [-0.2, 0) is 12.8 Å². The van der Waals surface area contributed by atoms with Crippen LogP contribution >= 0.6 is 22.9 Å². The highest BCUT2D eigenvalue weighted by Crippen LogP contribution is 2.30. The van der Waals surface area contributed by atoms with Crippen molar-refractivity contribution in [3.05, 3.63) is 27.2 Å². The fraction of sp³-hybridized carbons (Fsp3) is 0.545. The van der Waals surface area contributed by atoms with Crippen LogP contribution in [-0.4, -0.2) is 11.5 Å².